The zero-order valence-corrected chi connectivity index (χ0v) is 4.76. The van der Waals surface area contributed by atoms with Crippen LogP contribution in [0.1, 0.15) is 0 Å². The molecule has 2 N–H and O–H groups in total. The topological polar surface area (TPSA) is 38.5 Å². The highest BCUT2D eigenvalue weighted by atomic mass is 19.2. The number of nitrogens with two attached hydrogens (primary N) is 1. The second-order valence-electron chi connectivity index (χ2n) is 1.91. The Labute approximate surface area is 51.3 Å². The number of alkyl halides is 2. The molecule has 0 bridgehead atoms. The van der Waals surface area contributed by atoms with Gasteiger partial charge in [-0.3, -0.25) is 5.84 Å². The van der Waals surface area contributed by atoms with Crippen molar-refractivity contribution < 1.29 is 13.5 Å². The average molecular weight is 138 g/mol. The molecule has 9 heavy (non-hydrogen) atoms. The molecule has 0 saturated carbocycles. The van der Waals surface area contributed by atoms with E-state index in [1.54, 1.807) is 0 Å². The Morgan fingerprint density at radius 3 is 2.11 bits per heavy atom. The number of hydrazine groups is 1. The third kappa shape index (κ3) is 1.85. The van der Waals surface area contributed by atoms with E-state index in [9.17, 15) is 8.78 Å². The van der Waals surface area contributed by atoms with Crippen LogP contribution in [0.4, 0.5) is 8.78 Å². The number of ether oxygens (including phenoxy) is 1. The van der Waals surface area contributed by atoms with Crippen molar-refractivity contribution in [2.24, 2.45) is 5.84 Å². The molecular weight excluding hydrogens is 130 g/mol. The molecule has 0 aromatic rings. The lowest BCUT2D eigenvalue weighted by atomic mass is 10.5. The molecule has 0 aliphatic carbocycles. The molecule has 1 fully saturated rings. The predicted molar refractivity (Wildman–Crippen MR) is 26.6 cm³/mol. The normalized spacial score (nSPS) is 39.0. The van der Waals surface area contributed by atoms with Crippen LogP contribution in [0, 0.1) is 0 Å². The van der Waals surface area contributed by atoms with Gasteiger partial charge >= 0.3 is 0 Å². The van der Waals surface area contributed by atoms with Gasteiger partial charge in [-0.1, -0.05) is 0 Å². The second-order valence-corrected chi connectivity index (χ2v) is 1.91. The summed E-state index contributed by atoms with van der Waals surface area (Å²) in [5.74, 6) is 5.09. The number of halogens is 2. The van der Waals surface area contributed by atoms with E-state index in [0.29, 0.717) is 0 Å². The Kier molecular flexibility index (Phi) is 1.94. The summed E-state index contributed by atoms with van der Waals surface area (Å²) >= 11 is 0. The first-order valence-corrected chi connectivity index (χ1v) is 2.61. The van der Waals surface area contributed by atoms with Crippen LogP contribution >= 0.6 is 0 Å². The lowest BCUT2D eigenvalue weighted by Gasteiger charge is -2.27. The maximum atomic E-state index is 12.1. The summed E-state index contributed by atoms with van der Waals surface area (Å²) < 4.78 is 28.3. The highest BCUT2D eigenvalue weighted by molar-refractivity contribution is 4.60. The molecule has 1 heterocycles. The van der Waals surface area contributed by atoms with Crippen LogP contribution < -0.4 is 5.84 Å². The van der Waals surface area contributed by atoms with E-state index in [1.165, 1.54) is 0 Å². The van der Waals surface area contributed by atoms with Crippen molar-refractivity contribution in [3.8, 4) is 0 Å². The van der Waals surface area contributed by atoms with Crippen molar-refractivity contribution in [3.05, 3.63) is 0 Å². The molecule has 54 valence electrons. The monoisotopic (exact) mass is 138 g/mol. The molecule has 2 unspecified atom stereocenters. The van der Waals surface area contributed by atoms with Gasteiger partial charge in [0.05, 0.1) is 13.1 Å². The van der Waals surface area contributed by atoms with E-state index in [-0.39, 0.29) is 13.1 Å². The van der Waals surface area contributed by atoms with Gasteiger partial charge in [0, 0.05) is 0 Å². The van der Waals surface area contributed by atoms with Crippen molar-refractivity contribution >= 4 is 0 Å². The van der Waals surface area contributed by atoms with Gasteiger partial charge < -0.3 is 4.74 Å². The van der Waals surface area contributed by atoms with Crippen LogP contribution in [0.3, 0.4) is 0 Å². The minimum atomic E-state index is -1.58. The fourth-order valence-corrected chi connectivity index (χ4v) is 0.690. The number of nitrogens with zero attached hydrogens (tertiary/aromatic N) is 1. The lowest BCUT2D eigenvalue weighted by Crippen LogP contribution is -2.47. The van der Waals surface area contributed by atoms with E-state index in [2.05, 4.69) is 4.74 Å². The molecule has 1 aliphatic rings. The summed E-state index contributed by atoms with van der Waals surface area (Å²) in [5, 5.41) is 1.05. The first-order valence-electron chi connectivity index (χ1n) is 2.61. The van der Waals surface area contributed by atoms with Gasteiger partial charge in [-0.25, -0.2) is 13.8 Å². The molecule has 3 nitrogen and oxygen atoms in total. The molecule has 1 aliphatic heterocycles. The summed E-state index contributed by atoms with van der Waals surface area (Å²) in [7, 11) is 0. The maximum absolute atomic E-state index is 12.1. The van der Waals surface area contributed by atoms with Crippen molar-refractivity contribution in [1.29, 1.82) is 0 Å². The first-order chi connectivity index (χ1) is 4.18. The van der Waals surface area contributed by atoms with Crippen molar-refractivity contribution in [2.75, 3.05) is 13.1 Å². The fraction of sp³-hybridized carbons (Fsp3) is 1.00. The molecule has 1 rings (SSSR count). The zero-order valence-electron chi connectivity index (χ0n) is 4.76. The third-order valence-electron chi connectivity index (χ3n) is 1.05. The average Bonchev–Trinajstić information content (AvgIpc) is 1.59. The number of morpholine rings is 1. The highest BCUT2D eigenvalue weighted by Crippen LogP contribution is 2.09. The number of hydrogen-bond acceptors (Lipinski definition) is 3. The molecule has 2 atom stereocenters. The van der Waals surface area contributed by atoms with E-state index in [0.717, 1.165) is 5.01 Å². The summed E-state index contributed by atoms with van der Waals surface area (Å²) in [6.07, 6.45) is -3.17. The molecule has 1 saturated heterocycles. The van der Waals surface area contributed by atoms with Crippen molar-refractivity contribution in [3.63, 3.8) is 0 Å². The summed E-state index contributed by atoms with van der Waals surface area (Å²) in [6, 6.07) is 0. The minimum absolute atomic E-state index is 0.0551. The van der Waals surface area contributed by atoms with Crippen LogP contribution in [0.15, 0.2) is 0 Å². The van der Waals surface area contributed by atoms with E-state index < -0.39 is 12.7 Å². The van der Waals surface area contributed by atoms with Gasteiger partial charge in [-0.05, 0) is 0 Å². The molecule has 0 spiro atoms. The highest BCUT2D eigenvalue weighted by Gasteiger charge is 2.24. The van der Waals surface area contributed by atoms with Gasteiger partial charge in [0.2, 0.25) is 12.7 Å². The quantitative estimate of drug-likeness (QED) is 0.470. The van der Waals surface area contributed by atoms with E-state index in [1.807, 2.05) is 0 Å². The Bertz CT molecular complexity index is 77.5. The lowest BCUT2D eigenvalue weighted by molar-refractivity contribution is -0.189. The maximum Gasteiger partial charge on any atom is 0.215 e. The molecule has 0 amide bonds. The summed E-state index contributed by atoms with van der Waals surface area (Å²) in [5.41, 5.74) is 0. The van der Waals surface area contributed by atoms with Crippen molar-refractivity contribution in [2.45, 2.75) is 12.7 Å². The Morgan fingerprint density at radius 1 is 1.33 bits per heavy atom. The number of hydrogen-bond donors (Lipinski definition) is 1. The number of rotatable bonds is 0. The predicted octanol–water partition coefficient (Wildman–Crippen LogP) is -0.216. The Balaban J connectivity index is 2.34. The molecule has 0 aromatic carbocycles. The molecule has 0 aromatic heterocycles. The van der Waals surface area contributed by atoms with Gasteiger partial charge in [-0.15, -0.1) is 0 Å². The fourth-order valence-electron chi connectivity index (χ4n) is 0.690. The molecular formula is C4H8F2N2O. The van der Waals surface area contributed by atoms with Gasteiger partial charge in [0.1, 0.15) is 0 Å². The standard InChI is InChI=1S/C4H8F2N2O/c5-3-1-8(7)2-4(6)9-3/h3-4H,1-2,7H2. The molecule has 0 radical (unpaired) electrons. The SMILES string of the molecule is NN1CC(F)OC(F)C1. The zero-order chi connectivity index (χ0) is 6.85. The van der Waals surface area contributed by atoms with Crippen molar-refractivity contribution in [1.82, 2.24) is 5.01 Å². The Hall–Kier alpha value is -0.260. The summed E-state index contributed by atoms with van der Waals surface area (Å²) in [6.45, 7) is -0.110. The van der Waals surface area contributed by atoms with Gasteiger partial charge in [-0.2, -0.15) is 0 Å². The van der Waals surface area contributed by atoms with Gasteiger partial charge in [0.15, 0.2) is 0 Å². The molecule has 5 heteroatoms. The Morgan fingerprint density at radius 2 is 1.78 bits per heavy atom. The minimum Gasteiger partial charge on any atom is -0.311 e. The van der Waals surface area contributed by atoms with Crippen LogP contribution in [-0.4, -0.2) is 30.8 Å². The smallest absolute Gasteiger partial charge is 0.215 e. The van der Waals surface area contributed by atoms with Crippen LogP contribution in [0.5, 0.6) is 0 Å². The van der Waals surface area contributed by atoms with Crippen LogP contribution in [-0.2, 0) is 4.74 Å². The van der Waals surface area contributed by atoms with E-state index >= 15 is 0 Å². The second kappa shape index (κ2) is 2.55. The van der Waals surface area contributed by atoms with Gasteiger partial charge in [0.25, 0.3) is 0 Å². The third-order valence-corrected chi connectivity index (χ3v) is 1.05. The van der Waals surface area contributed by atoms with Crippen LogP contribution in [0.2, 0.25) is 0 Å². The largest absolute Gasteiger partial charge is 0.311 e. The van der Waals surface area contributed by atoms with Crippen LogP contribution in [0.25, 0.3) is 0 Å². The first kappa shape index (κ1) is 6.85. The summed E-state index contributed by atoms with van der Waals surface area (Å²) in [4.78, 5) is 0. The van der Waals surface area contributed by atoms with E-state index in [4.69, 9.17) is 5.84 Å².